The van der Waals surface area contributed by atoms with Crippen LogP contribution in [0.4, 0.5) is 0 Å². The second-order valence-corrected chi connectivity index (χ2v) is 4.79. The molecule has 5 nitrogen and oxygen atoms in total. The molecule has 0 unspecified atom stereocenters. The third-order valence-corrected chi connectivity index (χ3v) is 3.65. The van der Waals surface area contributed by atoms with Crippen molar-refractivity contribution in [2.45, 2.75) is 31.6 Å². The molecule has 1 aliphatic rings. The Morgan fingerprint density at radius 3 is 2.94 bits per heavy atom. The van der Waals surface area contributed by atoms with Crippen LogP contribution < -0.4 is 5.73 Å². The van der Waals surface area contributed by atoms with Gasteiger partial charge in [-0.15, -0.1) is 0 Å². The Hall–Kier alpha value is -1.75. The second-order valence-electron chi connectivity index (χ2n) is 4.79. The van der Waals surface area contributed by atoms with Crippen LogP contribution in [0.5, 0.6) is 0 Å². The first-order valence-electron chi connectivity index (χ1n) is 6.26. The Kier molecular flexibility index (Phi) is 2.63. The smallest absolute Gasteiger partial charge is 0.234 e. The molecule has 0 saturated heterocycles. The fraction of sp³-hybridized carbons (Fsp3) is 0.462. The van der Waals surface area contributed by atoms with Crippen molar-refractivity contribution in [1.29, 1.82) is 0 Å². The first kappa shape index (κ1) is 11.3. The molecule has 18 heavy (non-hydrogen) atoms. The van der Waals surface area contributed by atoms with Gasteiger partial charge in [0.2, 0.25) is 11.7 Å². The summed E-state index contributed by atoms with van der Waals surface area (Å²) in [7, 11) is 0. The van der Waals surface area contributed by atoms with Gasteiger partial charge in [0.15, 0.2) is 0 Å². The van der Waals surface area contributed by atoms with Crippen molar-refractivity contribution in [3.8, 4) is 11.4 Å². The molecule has 2 aromatic rings. The van der Waals surface area contributed by atoms with Crippen molar-refractivity contribution < 1.29 is 4.52 Å². The zero-order valence-corrected chi connectivity index (χ0v) is 10.4. The molecule has 0 aromatic carbocycles. The van der Waals surface area contributed by atoms with Gasteiger partial charge in [-0.3, -0.25) is 4.98 Å². The highest BCUT2D eigenvalue weighted by atomic mass is 16.5. The molecule has 3 rings (SSSR count). The number of pyridine rings is 1. The topological polar surface area (TPSA) is 77.8 Å². The monoisotopic (exact) mass is 244 g/mol. The summed E-state index contributed by atoms with van der Waals surface area (Å²) < 4.78 is 5.38. The van der Waals surface area contributed by atoms with E-state index in [-0.39, 0.29) is 5.41 Å². The van der Waals surface area contributed by atoms with Crippen LogP contribution in [0.3, 0.4) is 0 Å². The van der Waals surface area contributed by atoms with Gasteiger partial charge in [0, 0.05) is 24.5 Å². The van der Waals surface area contributed by atoms with Gasteiger partial charge < -0.3 is 10.3 Å². The van der Waals surface area contributed by atoms with E-state index in [9.17, 15) is 0 Å². The van der Waals surface area contributed by atoms with Crippen LogP contribution in [0.1, 0.15) is 31.2 Å². The molecule has 2 aromatic heterocycles. The minimum absolute atomic E-state index is 0.0509. The van der Waals surface area contributed by atoms with Gasteiger partial charge in [0.1, 0.15) is 0 Å². The molecular weight excluding hydrogens is 228 g/mol. The Bertz CT molecular complexity index is 560. The van der Waals surface area contributed by atoms with E-state index in [1.165, 1.54) is 0 Å². The number of nitrogens with two attached hydrogens (primary N) is 1. The summed E-state index contributed by atoms with van der Waals surface area (Å²) in [5.41, 5.74) is 7.84. The lowest BCUT2D eigenvalue weighted by atomic mass is 10.1. The molecule has 0 aliphatic heterocycles. The number of nitrogens with zero attached hydrogens (tertiary/aromatic N) is 3. The van der Waals surface area contributed by atoms with E-state index in [1.807, 2.05) is 12.3 Å². The molecule has 2 heterocycles. The first-order chi connectivity index (χ1) is 8.79. The van der Waals surface area contributed by atoms with Gasteiger partial charge in [-0.05, 0) is 30.9 Å². The number of hydrogen-bond acceptors (Lipinski definition) is 5. The molecule has 0 amide bonds. The van der Waals surface area contributed by atoms with Gasteiger partial charge in [-0.25, -0.2) is 0 Å². The molecule has 0 bridgehead atoms. The van der Waals surface area contributed by atoms with E-state index in [2.05, 4.69) is 22.0 Å². The third-order valence-electron chi connectivity index (χ3n) is 3.65. The molecule has 94 valence electrons. The second kappa shape index (κ2) is 4.17. The molecule has 1 aliphatic carbocycles. The molecular formula is C13H16N4O. The van der Waals surface area contributed by atoms with Crippen molar-refractivity contribution in [3.05, 3.63) is 29.9 Å². The van der Waals surface area contributed by atoms with Crippen molar-refractivity contribution in [1.82, 2.24) is 15.1 Å². The molecule has 1 saturated carbocycles. The van der Waals surface area contributed by atoms with Crippen LogP contribution in [0.2, 0.25) is 0 Å². The predicted octanol–water partition coefficient (Wildman–Crippen LogP) is 1.68. The number of rotatable bonds is 4. The van der Waals surface area contributed by atoms with Crippen LogP contribution in [-0.2, 0) is 11.8 Å². The molecule has 0 radical (unpaired) electrons. The largest absolute Gasteiger partial charge is 0.338 e. The number of aromatic nitrogens is 3. The van der Waals surface area contributed by atoms with Gasteiger partial charge in [-0.1, -0.05) is 12.1 Å². The predicted molar refractivity (Wildman–Crippen MR) is 66.9 cm³/mol. The zero-order chi connectivity index (χ0) is 12.6. The summed E-state index contributed by atoms with van der Waals surface area (Å²) in [4.78, 5) is 8.63. The Labute approximate surface area is 105 Å². The van der Waals surface area contributed by atoms with E-state index in [0.29, 0.717) is 18.3 Å². The summed E-state index contributed by atoms with van der Waals surface area (Å²) in [5, 5.41) is 4.08. The molecule has 5 heteroatoms. The average Bonchev–Trinajstić information content (AvgIpc) is 3.08. The highest BCUT2D eigenvalue weighted by Crippen LogP contribution is 2.46. The third kappa shape index (κ3) is 1.71. The zero-order valence-electron chi connectivity index (χ0n) is 10.4. The normalized spacial score (nSPS) is 16.8. The number of hydrogen-bond donors (Lipinski definition) is 1. The van der Waals surface area contributed by atoms with E-state index in [1.54, 1.807) is 6.20 Å². The van der Waals surface area contributed by atoms with Crippen LogP contribution in [0.15, 0.2) is 23.0 Å². The van der Waals surface area contributed by atoms with Gasteiger partial charge in [0.25, 0.3) is 0 Å². The maximum absolute atomic E-state index is 5.77. The summed E-state index contributed by atoms with van der Waals surface area (Å²) in [5.74, 6) is 1.32. The lowest BCUT2D eigenvalue weighted by molar-refractivity contribution is 0.347. The van der Waals surface area contributed by atoms with Crippen molar-refractivity contribution in [3.63, 3.8) is 0 Å². The van der Waals surface area contributed by atoms with E-state index < -0.39 is 0 Å². The number of aryl methyl sites for hydroxylation is 1. The highest BCUT2D eigenvalue weighted by Gasteiger charge is 2.48. The van der Waals surface area contributed by atoms with E-state index in [4.69, 9.17) is 10.3 Å². The molecule has 0 atom stereocenters. The first-order valence-corrected chi connectivity index (χ1v) is 6.26. The Morgan fingerprint density at radius 2 is 2.28 bits per heavy atom. The lowest BCUT2D eigenvalue weighted by Gasteiger charge is -2.04. The highest BCUT2D eigenvalue weighted by molar-refractivity contribution is 5.58. The van der Waals surface area contributed by atoms with Gasteiger partial charge >= 0.3 is 0 Å². The maximum atomic E-state index is 5.77. The molecule has 1 fully saturated rings. The van der Waals surface area contributed by atoms with Crippen molar-refractivity contribution in [2.75, 3.05) is 6.54 Å². The summed E-state index contributed by atoms with van der Waals surface area (Å²) in [6.07, 6.45) is 6.58. The fourth-order valence-electron chi connectivity index (χ4n) is 2.13. The fourth-order valence-corrected chi connectivity index (χ4v) is 2.13. The lowest BCUT2D eigenvalue weighted by Crippen LogP contribution is -2.19. The van der Waals surface area contributed by atoms with Crippen molar-refractivity contribution in [2.24, 2.45) is 5.73 Å². The standard InChI is InChI=1S/C13H16N4O/c1-2-9-7-15-6-3-10(9)11-16-12(18-17-11)13(8-14)4-5-13/h3,6-7H,2,4-5,8,14H2,1H3. The van der Waals surface area contributed by atoms with Crippen LogP contribution in [-0.4, -0.2) is 21.7 Å². The minimum Gasteiger partial charge on any atom is -0.338 e. The van der Waals surface area contributed by atoms with Crippen LogP contribution >= 0.6 is 0 Å². The van der Waals surface area contributed by atoms with Gasteiger partial charge in [-0.2, -0.15) is 4.98 Å². The summed E-state index contributed by atoms with van der Waals surface area (Å²) in [6.45, 7) is 2.66. The average molecular weight is 244 g/mol. The van der Waals surface area contributed by atoms with E-state index in [0.717, 1.165) is 30.4 Å². The van der Waals surface area contributed by atoms with E-state index >= 15 is 0 Å². The van der Waals surface area contributed by atoms with Crippen LogP contribution in [0.25, 0.3) is 11.4 Å². The van der Waals surface area contributed by atoms with Gasteiger partial charge in [0.05, 0.1) is 5.41 Å². The Balaban J connectivity index is 1.98. The van der Waals surface area contributed by atoms with Crippen LogP contribution in [0, 0.1) is 0 Å². The maximum Gasteiger partial charge on any atom is 0.234 e. The molecule has 0 spiro atoms. The molecule has 2 N–H and O–H groups in total. The van der Waals surface area contributed by atoms with Crippen molar-refractivity contribution >= 4 is 0 Å². The Morgan fingerprint density at radius 1 is 1.44 bits per heavy atom. The minimum atomic E-state index is -0.0509. The summed E-state index contributed by atoms with van der Waals surface area (Å²) >= 11 is 0. The SMILES string of the molecule is CCc1cnccc1-c1noc(C2(CN)CC2)n1. The summed E-state index contributed by atoms with van der Waals surface area (Å²) in [6, 6.07) is 1.93. The quantitative estimate of drug-likeness (QED) is 0.885.